The van der Waals surface area contributed by atoms with Crippen LogP contribution in [0.25, 0.3) is 0 Å². The van der Waals surface area contributed by atoms with Crippen molar-refractivity contribution in [1.29, 1.82) is 0 Å². The van der Waals surface area contributed by atoms with Crippen LogP contribution in [0.1, 0.15) is 26.7 Å². The van der Waals surface area contributed by atoms with Gasteiger partial charge in [0.15, 0.2) is 0 Å². The first-order valence-electron chi connectivity index (χ1n) is 4.59. The Kier molecular flexibility index (Phi) is 2.90. The van der Waals surface area contributed by atoms with Gasteiger partial charge < -0.3 is 10.4 Å². The minimum Gasteiger partial charge on any atom is -0.481 e. The highest BCUT2D eigenvalue weighted by Crippen LogP contribution is 2.38. The summed E-state index contributed by atoms with van der Waals surface area (Å²) in [5.74, 6) is -1.69. The number of carbonyl (C=O) groups excluding carboxylic acids is 1. The minimum atomic E-state index is -0.857. The van der Waals surface area contributed by atoms with Crippen molar-refractivity contribution in [3.63, 3.8) is 0 Å². The van der Waals surface area contributed by atoms with E-state index in [0.29, 0.717) is 6.42 Å². The van der Waals surface area contributed by atoms with Crippen LogP contribution in [0.3, 0.4) is 0 Å². The average molecular weight is 185 g/mol. The normalized spacial score (nSPS) is 27.8. The van der Waals surface area contributed by atoms with Crippen molar-refractivity contribution in [3.8, 4) is 0 Å². The molecule has 1 rings (SSSR count). The van der Waals surface area contributed by atoms with E-state index < -0.39 is 11.9 Å². The molecular weight excluding hydrogens is 170 g/mol. The molecule has 4 nitrogen and oxygen atoms in total. The molecule has 1 amide bonds. The zero-order valence-corrected chi connectivity index (χ0v) is 7.91. The summed E-state index contributed by atoms with van der Waals surface area (Å²) in [6, 6.07) is 0.141. The molecule has 0 saturated heterocycles. The fourth-order valence-corrected chi connectivity index (χ4v) is 1.21. The fourth-order valence-electron chi connectivity index (χ4n) is 1.21. The molecule has 74 valence electrons. The molecule has 3 unspecified atom stereocenters. The van der Waals surface area contributed by atoms with Crippen molar-refractivity contribution in [2.45, 2.75) is 32.7 Å². The lowest BCUT2D eigenvalue weighted by Crippen LogP contribution is -2.33. The Morgan fingerprint density at radius 1 is 1.54 bits per heavy atom. The van der Waals surface area contributed by atoms with E-state index in [4.69, 9.17) is 5.11 Å². The second kappa shape index (κ2) is 3.77. The maximum atomic E-state index is 11.3. The highest BCUT2D eigenvalue weighted by molar-refractivity contribution is 5.89. The average Bonchev–Trinajstić information content (AvgIpc) is 2.82. The van der Waals surface area contributed by atoms with Crippen molar-refractivity contribution in [2.75, 3.05) is 0 Å². The molecule has 3 atom stereocenters. The summed E-state index contributed by atoms with van der Waals surface area (Å²) < 4.78 is 0. The Hall–Kier alpha value is -1.06. The second-order valence-corrected chi connectivity index (χ2v) is 3.60. The first-order chi connectivity index (χ1) is 6.06. The topological polar surface area (TPSA) is 66.4 Å². The first-order valence-corrected chi connectivity index (χ1v) is 4.59. The lowest BCUT2D eigenvalue weighted by molar-refractivity contribution is -0.140. The summed E-state index contributed by atoms with van der Waals surface area (Å²) in [6.45, 7) is 3.89. The van der Waals surface area contributed by atoms with Gasteiger partial charge in [-0.2, -0.15) is 0 Å². The van der Waals surface area contributed by atoms with E-state index in [9.17, 15) is 9.59 Å². The monoisotopic (exact) mass is 185 g/mol. The number of nitrogens with one attached hydrogen (secondary N) is 1. The number of carboxylic acid groups (broad SMARTS) is 1. The minimum absolute atomic E-state index is 0.109. The molecule has 0 aliphatic heterocycles. The zero-order chi connectivity index (χ0) is 10.0. The number of rotatable bonds is 4. The van der Waals surface area contributed by atoms with E-state index in [0.717, 1.165) is 6.42 Å². The van der Waals surface area contributed by atoms with Gasteiger partial charge in [0.25, 0.3) is 0 Å². The van der Waals surface area contributed by atoms with Crippen molar-refractivity contribution >= 4 is 11.9 Å². The summed E-state index contributed by atoms with van der Waals surface area (Å²) >= 11 is 0. The summed E-state index contributed by atoms with van der Waals surface area (Å²) in [6.07, 6.45) is 1.37. The smallest absolute Gasteiger partial charge is 0.307 e. The summed E-state index contributed by atoms with van der Waals surface area (Å²) in [7, 11) is 0. The molecule has 4 heteroatoms. The quantitative estimate of drug-likeness (QED) is 0.674. The van der Waals surface area contributed by atoms with Crippen LogP contribution in [-0.4, -0.2) is 23.0 Å². The number of amides is 1. The third-order valence-corrected chi connectivity index (χ3v) is 2.45. The van der Waals surface area contributed by atoms with Gasteiger partial charge in [-0.1, -0.05) is 6.92 Å². The summed E-state index contributed by atoms with van der Waals surface area (Å²) in [5.41, 5.74) is 0. The molecule has 1 saturated carbocycles. The molecule has 0 heterocycles. The maximum absolute atomic E-state index is 11.3. The Bertz CT molecular complexity index is 227. The lowest BCUT2D eigenvalue weighted by Gasteiger charge is -2.10. The number of carbonyl (C=O) groups is 2. The molecule has 1 fully saturated rings. The molecule has 1 aliphatic carbocycles. The zero-order valence-electron chi connectivity index (χ0n) is 7.91. The lowest BCUT2D eigenvalue weighted by atomic mass is 10.2. The Balaban J connectivity index is 2.31. The predicted octanol–water partition coefficient (Wildman–Crippen LogP) is 0.622. The van der Waals surface area contributed by atoms with E-state index in [2.05, 4.69) is 5.32 Å². The van der Waals surface area contributed by atoms with Crippen LogP contribution < -0.4 is 5.32 Å². The fraction of sp³-hybridized carbons (Fsp3) is 0.778. The van der Waals surface area contributed by atoms with Gasteiger partial charge in [-0.05, 0) is 19.8 Å². The maximum Gasteiger partial charge on any atom is 0.307 e. The predicted molar refractivity (Wildman–Crippen MR) is 47.1 cm³/mol. The van der Waals surface area contributed by atoms with Gasteiger partial charge in [0.2, 0.25) is 5.91 Å². The summed E-state index contributed by atoms with van der Waals surface area (Å²) in [5, 5.41) is 11.4. The van der Waals surface area contributed by atoms with Gasteiger partial charge >= 0.3 is 5.97 Å². The van der Waals surface area contributed by atoms with Gasteiger partial charge in [-0.15, -0.1) is 0 Å². The van der Waals surface area contributed by atoms with Crippen LogP contribution in [0, 0.1) is 11.8 Å². The third kappa shape index (κ3) is 2.44. The molecule has 0 radical (unpaired) electrons. The van der Waals surface area contributed by atoms with Crippen LogP contribution in [0.4, 0.5) is 0 Å². The number of aliphatic carboxylic acids is 1. The van der Waals surface area contributed by atoms with Gasteiger partial charge in [0, 0.05) is 6.04 Å². The molecule has 2 N–H and O–H groups in total. The number of carboxylic acids is 1. The third-order valence-electron chi connectivity index (χ3n) is 2.45. The molecule has 0 aromatic heterocycles. The Morgan fingerprint density at radius 2 is 2.15 bits per heavy atom. The van der Waals surface area contributed by atoms with Crippen molar-refractivity contribution < 1.29 is 14.7 Å². The van der Waals surface area contributed by atoms with Gasteiger partial charge in [-0.25, -0.2) is 0 Å². The second-order valence-electron chi connectivity index (χ2n) is 3.60. The van der Waals surface area contributed by atoms with Crippen LogP contribution in [-0.2, 0) is 9.59 Å². The van der Waals surface area contributed by atoms with Crippen LogP contribution in [0.15, 0.2) is 0 Å². The highest BCUT2D eigenvalue weighted by Gasteiger charge is 2.48. The van der Waals surface area contributed by atoms with Crippen LogP contribution >= 0.6 is 0 Å². The van der Waals surface area contributed by atoms with Crippen molar-refractivity contribution in [2.24, 2.45) is 11.8 Å². The molecule has 0 bridgehead atoms. The molecular formula is C9H15NO3. The molecule has 0 aromatic rings. The standard InChI is InChI=1S/C9H15NO3/c1-3-5(2)10-8(11)6-4-7(6)9(12)13/h5-7H,3-4H2,1-2H3,(H,10,11)(H,12,13). The first kappa shape index (κ1) is 10.0. The molecule has 0 spiro atoms. The Labute approximate surface area is 77.3 Å². The van der Waals surface area contributed by atoms with E-state index >= 15 is 0 Å². The highest BCUT2D eigenvalue weighted by atomic mass is 16.4. The van der Waals surface area contributed by atoms with Gasteiger partial charge in [0.1, 0.15) is 0 Å². The molecule has 0 aromatic carbocycles. The van der Waals surface area contributed by atoms with E-state index in [-0.39, 0.29) is 17.9 Å². The molecule has 13 heavy (non-hydrogen) atoms. The van der Waals surface area contributed by atoms with Crippen molar-refractivity contribution in [3.05, 3.63) is 0 Å². The van der Waals surface area contributed by atoms with Gasteiger partial charge in [0.05, 0.1) is 11.8 Å². The SMILES string of the molecule is CCC(C)NC(=O)C1CC1C(=O)O. The largest absolute Gasteiger partial charge is 0.481 e. The summed E-state index contributed by atoms with van der Waals surface area (Å²) in [4.78, 5) is 21.8. The van der Waals surface area contributed by atoms with E-state index in [1.54, 1.807) is 0 Å². The van der Waals surface area contributed by atoms with Crippen LogP contribution in [0.5, 0.6) is 0 Å². The molecule has 1 aliphatic rings. The van der Waals surface area contributed by atoms with Crippen LogP contribution in [0.2, 0.25) is 0 Å². The number of hydrogen-bond acceptors (Lipinski definition) is 2. The van der Waals surface area contributed by atoms with E-state index in [1.165, 1.54) is 0 Å². The van der Waals surface area contributed by atoms with Gasteiger partial charge in [-0.3, -0.25) is 9.59 Å². The number of hydrogen-bond donors (Lipinski definition) is 2. The Morgan fingerprint density at radius 3 is 2.54 bits per heavy atom. The van der Waals surface area contributed by atoms with Crippen molar-refractivity contribution in [1.82, 2.24) is 5.32 Å². The van der Waals surface area contributed by atoms with E-state index in [1.807, 2.05) is 13.8 Å².